The monoisotopic (exact) mass is 148 g/mol. The Balaban J connectivity index is 0. The summed E-state index contributed by atoms with van der Waals surface area (Å²) in [5.41, 5.74) is 0. The van der Waals surface area contributed by atoms with E-state index in [1.165, 1.54) is 0 Å². The zero-order valence-electron chi connectivity index (χ0n) is 9.23. The van der Waals surface area contributed by atoms with Crippen molar-refractivity contribution in [2.45, 2.75) is 41.5 Å². The van der Waals surface area contributed by atoms with E-state index < -0.39 is 0 Å². The minimum Gasteiger partial charge on any atom is -0.311 e. The van der Waals surface area contributed by atoms with E-state index >= 15 is 0 Å². The SMILES string of the molecule is C[C-](C(C)C)C(C)C(C)C.[Li+]. The summed E-state index contributed by atoms with van der Waals surface area (Å²) in [6.07, 6.45) is 0. The minimum atomic E-state index is 0. The van der Waals surface area contributed by atoms with Crippen LogP contribution in [0.15, 0.2) is 0 Å². The summed E-state index contributed by atoms with van der Waals surface area (Å²) < 4.78 is 0. The first-order chi connectivity index (χ1) is 4.46. The zero-order chi connectivity index (χ0) is 8.31. The first-order valence-electron chi connectivity index (χ1n) is 4.30. The molecular formula is C10H21Li. The van der Waals surface area contributed by atoms with Gasteiger partial charge >= 0.3 is 18.9 Å². The van der Waals surface area contributed by atoms with Crippen LogP contribution in [0.2, 0.25) is 0 Å². The topological polar surface area (TPSA) is 0 Å². The minimum absolute atomic E-state index is 0. The second-order valence-electron chi connectivity index (χ2n) is 3.93. The molecule has 0 aromatic rings. The van der Waals surface area contributed by atoms with Crippen molar-refractivity contribution in [1.82, 2.24) is 0 Å². The van der Waals surface area contributed by atoms with Crippen LogP contribution in [-0.4, -0.2) is 0 Å². The molecule has 0 aliphatic heterocycles. The van der Waals surface area contributed by atoms with Gasteiger partial charge in [0.2, 0.25) is 0 Å². The van der Waals surface area contributed by atoms with Gasteiger partial charge in [-0.25, -0.2) is 0 Å². The van der Waals surface area contributed by atoms with Crippen molar-refractivity contribution in [3.05, 3.63) is 5.92 Å². The van der Waals surface area contributed by atoms with Crippen LogP contribution in [-0.2, 0) is 0 Å². The summed E-state index contributed by atoms with van der Waals surface area (Å²) in [5.74, 6) is 3.95. The average Bonchev–Trinajstić information content (AvgIpc) is 1.84. The number of hydrogen-bond donors (Lipinski definition) is 0. The normalized spacial score (nSPS) is 13.9. The van der Waals surface area contributed by atoms with Gasteiger partial charge in [0.05, 0.1) is 0 Å². The molecule has 1 atom stereocenters. The number of hydrogen-bond acceptors (Lipinski definition) is 0. The molecule has 0 radical (unpaired) electrons. The van der Waals surface area contributed by atoms with Gasteiger partial charge in [0, 0.05) is 0 Å². The van der Waals surface area contributed by atoms with Crippen LogP contribution in [0.1, 0.15) is 41.5 Å². The van der Waals surface area contributed by atoms with Crippen LogP contribution < -0.4 is 18.9 Å². The molecule has 11 heavy (non-hydrogen) atoms. The predicted octanol–water partition coefficient (Wildman–Crippen LogP) is 0.533. The summed E-state index contributed by atoms with van der Waals surface area (Å²) in [7, 11) is 0. The van der Waals surface area contributed by atoms with Crippen LogP contribution in [0, 0.1) is 23.7 Å². The quantitative estimate of drug-likeness (QED) is 0.404. The van der Waals surface area contributed by atoms with Crippen LogP contribution in [0.3, 0.4) is 0 Å². The molecule has 0 aromatic heterocycles. The van der Waals surface area contributed by atoms with Gasteiger partial charge in [-0.3, -0.25) is 0 Å². The summed E-state index contributed by atoms with van der Waals surface area (Å²) in [5, 5.41) is 0. The fourth-order valence-corrected chi connectivity index (χ4v) is 1.05. The summed E-state index contributed by atoms with van der Waals surface area (Å²) in [4.78, 5) is 0. The van der Waals surface area contributed by atoms with Crippen molar-refractivity contribution >= 4 is 0 Å². The molecule has 1 heteroatoms. The molecular weight excluding hydrogens is 127 g/mol. The summed E-state index contributed by atoms with van der Waals surface area (Å²) >= 11 is 0. The Morgan fingerprint density at radius 1 is 0.909 bits per heavy atom. The van der Waals surface area contributed by atoms with Gasteiger partial charge in [0.25, 0.3) is 0 Å². The molecule has 1 unspecified atom stereocenters. The largest absolute Gasteiger partial charge is 1.00 e. The maximum Gasteiger partial charge on any atom is 1.00 e. The average molecular weight is 148 g/mol. The molecule has 0 spiro atoms. The molecule has 0 rings (SSSR count). The molecule has 0 saturated heterocycles. The smallest absolute Gasteiger partial charge is 0.311 e. The molecule has 0 nitrogen and oxygen atoms in total. The summed E-state index contributed by atoms with van der Waals surface area (Å²) in [6.45, 7) is 13.7. The van der Waals surface area contributed by atoms with Crippen LogP contribution >= 0.6 is 0 Å². The molecule has 62 valence electrons. The van der Waals surface area contributed by atoms with Crippen molar-refractivity contribution in [3.63, 3.8) is 0 Å². The van der Waals surface area contributed by atoms with Crippen LogP contribution in [0.5, 0.6) is 0 Å². The van der Waals surface area contributed by atoms with Crippen molar-refractivity contribution in [2.24, 2.45) is 17.8 Å². The molecule has 0 aliphatic rings. The van der Waals surface area contributed by atoms with Gasteiger partial charge in [0.1, 0.15) is 0 Å². The first kappa shape index (κ1) is 14.1. The third-order valence-electron chi connectivity index (χ3n) is 2.63. The second kappa shape index (κ2) is 6.15. The van der Waals surface area contributed by atoms with Gasteiger partial charge in [-0.2, -0.15) is 18.8 Å². The maximum absolute atomic E-state index is 2.32. The van der Waals surface area contributed by atoms with E-state index in [-0.39, 0.29) is 18.9 Å². The summed E-state index contributed by atoms with van der Waals surface area (Å²) in [6, 6.07) is 0. The fourth-order valence-electron chi connectivity index (χ4n) is 1.05. The Morgan fingerprint density at radius 2 is 1.27 bits per heavy atom. The Labute approximate surface area is 84.3 Å². The van der Waals surface area contributed by atoms with Crippen molar-refractivity contribution in [2.75, 3.05) is 0 Å². The van der Waals surface area contributed by atoms with Crippen molar-refractivity contribution in [1.29, 1.82) is 0 Å². The van der Waals surface area contributed by atoms with Crippen molar-refractivity contribution < 1.29 is 18.9 Å². The molecule has 0 fully saturated rings. The predicted molar refractivity (Wildman–Crippen MR) is 47.8 cm³/mol. The molecule has 0 bridgehead atoms. The Bertz CT molecular complexity index is 74.9. The molecule has 0 saturated carbocycles. The Hall–Kier alpha value is 0.597. The fraction of sp³-hybridized carbons (Fsp3) is 0.900. The van der Waals surface area contributed by atoms with Gasteiger partial charge in [-0.05, 0) is 0 Å². The van der Waals surface area contributed by atoms with Crippen LogP contribution in [0.4, 0.5) is 0 Å². The standard InChI is InChI=1S/C10H21.Li/c1-7(2)9(5)10(6)8(3)4;/h7-9H,1-6H3;/q-1;+1. The first-order valence-corrected chi connectivity index (χ1v) is 4.30. The molecule has 0 N–H and O–H groups in total. The zero-order valence-corrected chi connectivity index (χ0v) is 9.23. The van der Waals surface area contributed by atoms with Gasteiger partial charge in [-0.1, -0.05) is 40.5 Å². The molecule has 0 heterocycles. The maximum atomic E-state index is 2.32. The van der Waals surface area contributed by atoms with Gasteiger partial charge in [-0.15, -0.1) is 0 Å². The van der Waals surface area contributed by atoms with E-state index in [0.717, 1.165) is 17.8 Å². The third-order valence-corrected chi connectivity index (χ3v) is 2.63. The van der Waals surface area contributed by atoms with E-state index in [1.54, 1.807) is 5.92 Å². The van der Waals surface area contributed by atoms with Crippen LogP contribution in [0.25, 0.3) is 0 Å². The molecule has 0 aromatic carbocycles. The van der Waals surface area contributed by atoms with E-state index in [4.69, 9.17) is 0 Å². The third kappa shape index (κ3) is 4.94. The Morgan fingerprint density at radius 3 is 1.36 bits per heavy atom. The van der Waals surface area contributed by atoms with E-state index in [0.29, 0.717) is 0 Å². The van der Waals surface area contributed by atoms with Gasteiger partial charge < -0.3 is 5.92 Å². The Kier molecular flexibility index (Phi) is 7.91. The van der Waals surface area contributed by atoms with Crippen molar-refractivity contribution in [3.8, 4) is 0 Å². The number of rotatable bonds is 3. The van der Waals surface area contributed by atoms with E-state index in [9.17, 15) is 0 Å². The van der Waals surface area contributed by atoms with E-state index in [2.05, 4.69) is 41.5 Å². The second-order valence-corrected chi connectivity index (χ2v) is 3.93. The van der Waals surface area contributed by atoms with E-state index in [1.807, 2.05) is 0 Å². The molecule has 0 aliphatic carbocycles. The van der Waals surface area contributed by atoms with Gasteiger partial charge in [0.15, 0.2) is 0 Å². The molecule has 0 amide bonds.